The van der Waals surface area contributed by atoms with Crippen LogP contribution in [0.1, 0.15) is 11.7 Å². The number of aliphatic hydroxyl groups is 1. The normalized spacial score (nSPS) is 12.5. The quantitative estimate of drug-likeness (QED) is 0.506. The van der Waals surface area contributed by atoms with E-state index in [9.17, 15) is 10.1 Å². The summed E-state index contributed by atoms with van der Waals surface area (Å²) in [5.74, 6) is 0. The third-order valence-corrected chi connectivity index (χ3v) is 1.55. The van der Waals surface area contributed by atoms with Crippen molar-refractivity contribution in [3.63, 3.8) is 0 Å². The van der Waals surface area contributed by atoms with Crippen LogP contribution < -0.4 is 5.73 Å². The molecule has 0 aliphatic heterocycles. The first kappa shape index (κ1) is 9.56. The smallest absolute Gasteiger partial charge is 0.272 e. The topological polar surface area (TPSA) is 102 Å². The molecule has 0 aliphatic carbocycles. The molecular formula is C7H9N3O3. The highest BCUT2D eigenvalue weighted by molar-refractivity contribution is 5.30. The van der Waals surface area contributed by atoms with Gasteiger partial charge in [0.05, 0.1) is 23.3 Å². The van der Waals surface area contributed by atoms with Crippen molar-refractivity contribution in [1.29, 1.82) is 0 Å². The Morgan fingerprint density at radius 1 is 1.77 bits per heavy atom. The second-order valence-corrected chi connectivity index (χ2v) is 2.49. The van der Waals surface area contributed by atoms with Gasteiger partial charge in [-0.05, 0) is 0 Å². The predicted molar refractivity (Wildman–Crippen MR) is 44.9 cm³/mol. The summed E-state index contributed by atoms with van der Waals surface area (Å²) in [7, 11) is 0. The molecule has 1 heterocycles. The lowest BCUT2D eigenvalue weighted by molar-refractivity contribution is -0.385. The van der Waals surface area contributed by atoms with E-state index < -0.39 is 11.0 Å². The van der Waals surface area contributed by atoms with E-state index in [1.165, 1.54) is 18.3 Å². The molecule has 1 atom stereocenters. The van der Waals surface area contributed by atoms with E-state index in [1.54, 1.807) is 0 Å². The molecule has 0 aliphatic rings. The number of aromatic nitrogens is 1. The summed E-state index contributed by atoms with van der Waals surface area (Å²) in [5.41, 5.74) is 5.67. The minimum atomic E-state index is -0.667. The average Bonchev–Trinajstić information content (AvgIpc) is 2.17. The highest BCUT2D eigenvalue weighted by Crippen LogP contribution is 2.14. The van der Waals surface area contributed by atoms with Gasteiger partial charge in [-0.1, -0.05) is 0 Å². The Morgan fingerprint density at radius 2 is 2.46 bits per heavy atom. The monoisotopic (exact) mass is 183 g/mol. The largest absolute Gasteiger partial charge is 0.394 e. The zero-order chi connectivity index (χ0) is 9.84. The molecule has 0 saturated carbocycles. The summed E-state index contributed by atoms with van der Waals surface area (Å²) < 4.78 is 0. The van der Waals surface area contributed by atoms with Crippen LogP contribution in [0.15, 0.2) is 18.3 Å². The van der Waals surface area contributed by atoms with Crippen LogP contribution >= 0.6 is 0 Å². The first-order valence-corrected chi connectivity index (χ1v) is 3.62. The Bertz CT molecular complexity index is 316. The number of aliphatic hydroxyl groups excluding tert-OH is 1. The second-order valence-electron chi connectivity index (χ2n) is 2.49. The lowest BCUT2D eigenvalue weighted by Crippen LogP contribution is -2.15. The molecule has 1 rings (SSSR count). The van der Waals surface area contributed by atoms with Gasteiger partial charge in [0.2, 0.25) is 0 Å². The molecule has 0 spiro atoms. The summed E-state index contributed by atoms with van der Waals surface area (Å²) >= 11 is 0. The first-order chi connectivity index (χ1) is 6.15. The molecule has 3 N–H and O–H groups in total. The molecule has 13 heavy (non-hydrogen) atoms. The average molecular weight is 183 g/mol. The van der Waals surface area contributed by atoms with E-state index in [1.807, 2.05) is 0 Å². The van der Waals surface area contributed by atoms with Crippen LogP contribution in [0, 0.1) is 10.1 Å². The number of nitrogens with zero attached hydrogens (tertiary/aromatic N) is 2. The standard InChI is InChI=1S/C7H9N3O3/c8-6(4-11)7-3-5(10(12)13)1-2-9-7/h1-3,6,11H,4,8H2. The van der Waals surface area contributed by atoms with Gasteiger partial charge in [0.1, 0.15) is 0 Å². The lowest BCUT2D eigenvalue weighted by Gasteiger charge is -2.05. The Morgan fingerprint density at radius 3 is 3.00 bits per heavy atom. The van der Waals surface area contributed by atoms with E-state index in [2.05, 4.69) is 4.98 Å². The third-order valence-electron chi connectivity index (χ3n) is 1.55. The van der Waals surface area contributed by atoms with Crippen molar-refractivity contribution in [3.8, 4) is 0 Å². The van der Waals surface area contributed by atoms with Gasteiger partial charge in [0, 0.05) is 18.3 Å². The van der Waals surface area contributed by atoms with Gasteiger partial charge in [0.25, 0.3) is 5.69 Å². The summed E-state index contributed by atoms with van der Waals surface area (Å²) in [5, 5.41) is 19.0. The molecule has 0 aromatic carbocycles. The third kappa shape index (κ3) is 2.20. The Balaban J connectivity index is 2.98. The maximum absolute atomic E-state index is 10.3. The predicted octanol–water partition coefficient (Wildman–Crippen LogP) is -0.0181. The van der Waals surface area contributed by atoms with Crippen molar-refractivity contribution in [2.75, 3.05) is 6.61 Å². The van der Waals surface area contributed by atoms with Gasteiger partial charge in [0.15, 0.2) is 0 Å². The number of rotatable bonds is 3. The van der Waals surface area contributed by atoms with E-state index >= 15 is 0 Å². The fourth-order valence-electron chi connectivity index (χ4n) is 0.846. The Hall–Kier alpha value is -1.53. The van der Waals surface area contributed by atoms with Crippen LogP contribution in [0.3, 0.4) is 0 Å². The van der Waals surface area contributed by atoms with Crippen molar-refractivity contribution in [1.82, 2.24) is 4.98 Å². The number of hydrogen-bond donors (Lipinski definition) is 2. The number of hydrogen-bond acceptors (Lipinski definition) is 5. The van der Waals surface area contributed by atoms with E-state index in [0.29, 0.717) is 5.69 Å². The fourth-order valence-corrected chi connectivity index (χ4v) is 0.846. The fraction of sp³-hybridized carbons (Fsp3) is 0.286. The van der Waals surface area contributed by atoms with Gasteiger partial charge < -0.3 is 10.8 Å². The highest BCUT2D eigenvalue weighted by Gasteiger charge is 2.11. The summed E-state index contributed by atoms with van der Waals surface area (Å²) in [6.45, 7) is -0.284. The van der Waals surface area contributed by atoms with Crippen molar-refractivity contribution >= 4 is 5.69 Å². The van der Waals surface area contributed by atoms with Gasteiger partial charge in [-0.15, -0.1) is 0 Å². The molecule has 0 saturated heterocycles. The van der Waals surface area contributed by atoms with E-state index in [0.717, 1.165) is 0 Å². The Kier molecular flexibility index (Phi) is 2.88. The van der Waals surface area contributed by atoms with Crippen LogP contribution in [0.5, 0.6) is 0 Å². The van der Waals surface area contributed by atoms with E-state index in [-0.39, 0.29) is 12.3 Å². The van der Waals surface area contributed by atoms with Crippen molar-refractivity contribution in [3.05, 3.63) is 34.1 Å². The van der Waals surface area contributed by atoms with Crippen molar-refractivity contribution in [2.24, 2.45) is 5.73 Å². The Labute approximate surface area is 74.2 Å². The molecule has 6 nitrogen and oxygen atoms in total. The molecule has 1 unspecified atom stereocenters. The molecule has 1 aromatic heterocycles. The lowest BCUT2D eigenvalue weighted by atomic mass is 10.2. The molecule has 0 fully saturated rings. The summed E-state index contributed by atoms with van der Waals surface area (Å²) in [6, 6.07) is 1.86. The maximum atomic E-state index is 10.3. The van der Waals surface area contributed by atoms with Gasteiger partial charge in [-0.3, -0.25) is 15.1 Å². The van der Waals surface area contributed by atoms with Crippen LogP contribution in [-0.2, 0) is 0 Å². The molecule has 70 valence electrons. The second kappa shape index (κ2) is 3.92. The van der Waals surface area contributed by atoms with Crippen molar-refractivity contribution < 1.29 is 10.0 Å². The van der Waals surface area contributed by atoms with Crippen LogP contribution in [0.2, 0.25) is 0 Å². The van der Waals surface area contributed by atoms with Crippen LogP contribution in [0.4, 0.5) is 5.69 Å². The molecule has 0 amide bonds. The highest BCUT2D eigenvalue weighted by atomic mass is 16.6. The molecule has 6 heteroatoms. The minimum Gasteiger partial charge on any atom is -0.394 e. The first-order valence-electron chi connectivity index (χ1n) is 3.62. The SMILES string of the molecule is NC(CO)c1cc([N+](=O)[O-])ccn1. The van der Waals surface area contributed by atoms with Crippen LogP contribution in [-0.4, -0.2) is 21.6 Å². The summed E-state index contributed by atoms with van der Waals surface area (Å²) in [4.78, 5) is 13.6. The zero-order valence-corrected chi connectivity index (χ0v) is 6.75. The maximum Gasteiger partial charge on any atom is 0.272 e. The zero-order valence-electron chi connectivity index (χ0n) is 6.75. The van der Waals surface area contributed by atoms with Gasteiger partial charge in [-0.25, -0.2) is 0 Å². The minimum absolute atomic E-state index is 0.0751. The number of nitrogens with two attached hydrogens (primary N) is 1. The van der Waals surface area contributed by atoms with E-state index in [4.69, 9.17) is 10.8 Å². The number of nitro groups is 1. The molecule has 1 aromatic rings. The molecule has 0 bridgehead atoms. The summed E-state index contributed by atoms with van der Waals surface area (Å²) in [6.07, 6.45) is 1.29. The molecular weight excluding hydrogens is 174 g/mol. The van der Waals surface area contributed by atoms with Gasteiger partial charge in [-0.2, -0.15) is 0 Å². The molecule has 0 radical (unpaired) electrons. The van der Waals surface area contributed by atoms with Gasteiger partial charge >= 0.3 is 0 Å². The number of pyridine rings is 1. The van der Waals surface area contributed by atoms with Crippen LogP contribution in [0.25, 0.3) is 0 Å². The van der Waals surface area contributed by atoms with Crippen molar-refractivity contribution in [2.45, 2.75) is 6.04 Å².